The molecule has 1 aliphatic rings. The minimum absolute atomic E-state index is 0.0540. The summed E-state index contributed by atoms with van der Waals surface area (Å²) >= 11 is 0. The maximum absolute atomic E-state index is 12.9. The average molecular weight is 324 g/mol. The number of carbonyl (C=O) groups is 2. The van der Waals surface area contributed by atoms with E-state index in [1.807, 2.05) is 13.8 Å². The number of halogens is 1. The van der Waals surface area contributed by atoms with Gasteiger partial charge in [-0.2, -0.15) is 0 Å². The number of ether oxygens (including phenoxy) is 1. The van der Waals surface area contributed by atoms with Gasteiger partial charge in [-0.25, -0.2) is 9.18 Å². The zero-order chi connectivity index (χ0) is 17.0. The van der Waals surface area contributed by atoms with Crippen LogP contribution in [0.4, 0.5) is 14.9 Å². The van der Waals surface area contributed by atoms with Crippen LogP contribution in [0, 0.1) is 11.7 Å². The van der Waals surface area contributed by atoms with E-state index in [9.17, 15) is 19.1 Å². The summed E-state index contributed by atoms with van der Waals surface area (Å²) in [6, 6.07) is 4.51. The molecule has 126 valence electrons. The van der Waals surface area contributed by atoms with Gasteiger partial charge in [0.15, 0.2) is 0 Å². The maximum atomic E-state index is 12.9. The molecule has 7 heteroatoms. The van der Waals surface area contributed by atoms with Crippen LogP contribution in [0.5, 0.6) is 0 Å². The van der Waals surface area contributed by atoms with Gasteiger partial charge in [-0.05, 0) is 30.2 Å². The summed E-state index contributed by atoms with van der Waals surface area (Å²) in [6.45, 7) is 4.12. The van der Waals surface area contributed by atoms with E-state index in [-0.39, 0.29) is 25.5 Å². The van der Waals surface area contributed by atoms with E-state index >= 15 is 0 Å². The number of rotatable bonds is 4. The van der Waals surface area contributed by atoms with Crippen LogP contribution in [0.25, 0.3) is 0 Å². The van der Waals surface area contributed by atoms with E-state index < -0.39 is 30.0 Å². The van der Waals surface area contributed by atoms with Gasteiger partial charge >= 0.3 is 6.09 Å². The highest BCUT2D eigenvalue weighted by Gasteiger charge is 2.39. The molecule has 1 fully saturated rings. The maximum Gasteiger partial charge on any atom is 0.410 e. The normalized spacial score (nSPS) is 20.7. The van der Waals surface area contributed by atoms with E-state index in [0.29, 0.717) is 5.69 Å². The molecule has 23 heavy (non-hydrogen) atoms. The summed E-state index contributed by atoms with van der Waals surface area (Å²) in [5.41, 5.74) is 0.424. The largest absolute Gasteiger partial charge is 0.449 e. The van der Waals surface area contributed by atoms with Crippen LogP contribution >= 0.6 is 0 Å². The molecule has 0 aliphatic carbocycles. The summed E-state index contributed by atoms with van der Waals surface area (Å²) in [5, 5.41) is 12.4. The molecular weight excluding hydrogens is 303 g/mol. The quantitative estimate of drug-likeness (QED) is 0.888. The number of carbonyl (C=O) groups excluding carboxylic acids is 2. The molecule has 0 saturated carbocycles. The number of anilines is 1. The fourth-order valence-corrected chi connectivity index (χ4v) is 2.34. The van der Waals surface area contributed by atoms with E-state index in [4.69, 9.17) is 4.74 Å². The Hall–Kier alpha value is -2.15. The van der Waals surface area contributed by atoms with Crippen LogP contribution < -0.4 is 5.32 Å². The second-order valence-corrected chi connectivity index (χ2v) is 6.02. The minimum atomic E-state index is -0.810. The van der Waals surface area contributed by atoms with Gasteiger partial charge < -0.3 is 15.2 Å². The van der Waals surface area contributed by atoms with Gasteiger partial charge in [0.05, 0.1) is 19.3 Å². The fraction of sp³-hybridized carbons (Fsp3) is 0.500. The van der Waals surface area contributed by atoms with Crippen molar-refractivity contribution in [1.82, 2.24) is 4.90 Å². The molecule has 0 bridgehead atoms. The Morgan fingerprint density at radius 1 is 1.39 bits per heavy atom. The lowest BCUT2D eigenvalue weighted by Crippen LogP contribution is -2.43. The van der Waals surface area contributed by atoms with Crippen molar-refractivity contribution in [1.29, 1.82) is 0 Å². The number of nitrogens with one attached hydrogen (secondary N) is 1. The van der Waals surface area contributed by atoms with Gasteiger partial charge in [-0.1, -0.05) is 13.8 Å². The summed E-state index contributed by atoms with van der Waals surface area (Å²) < 4.78 is 18.0. The van der Waals surface area contributed by atoms with Crippen LogP contribution in [0.3, 0.4) is 0 Å². The highest BCUT2D eigenvalue weighted by atomic mass is 19.1. The number of benzene rings is 1. The smallest absolute Gasteiger partial charge is 0.410 e. The van der Waals surface area contributed by atoms with Crippen LogP contribution in [0.2, 0.25) is 0 Å². The van der Waals surface area contributed by atoms with Crippen LogP contribution in [0.15, 0.2) is 24.3 Å². The molecule has 2 rings (SSSR count). The van der Waals surface area contributed by atoms with Gasteiger partial charge in [0.1, 0.15) is 11.9 Å². The summed E-state index contributed by atoms with van der Waals surface area (Å²) in [4.78, 5) is 25.6. The molecule has 1 aromatic rings. The third kappa shape index (κ3) is 4.66. The van der Waals surface area contributed by atoms with Gasteiger partial charge in [-0.3, -0.25) is 9.69 Å². The van der Waals surface area contributed by atoms with Crippen molar-refractivity contribution in [2.24, 2.45) is 5.92 Å². The standard InChI is InChI=1S/C16H21FN2O4/c1-10(2)9-23-16(22)19-8-13(20)7-14(19)15(21)18-12-5-3-11(17)4-6-12/h3-6,10,13-14,20H,7-9H2,1-2H3,(H,18,21)/t13-,14+/m1/s1. The molecule has 1 saturated heterocycles. The number of hydrogen-bond donors (Lipinski definition) is 2. The van der Waals surface area contributed by atoms with Crippen molar-refractivity contribution in [2.45, 2.75) is 32.4 Å². The number of β-amino-alcohol motifs (C(OH)–C–C–N with tert-alkyl or cyclic N) is 1. The van der Waals surface area contributed by atoms with Crippen molar-refractivity contribution in [3.8, 4) is 0 Å². The second kappa shape index (κ2) is 7.41. The third-order valence-electron chi connectivity index (χ3n) is 3.47. The number of nitrogens with zero attached hydrogens (tertiary/aromatic N) is 1. The van der Waals surface area contributed by atoms with Crippen molar-refractivity contribution < 1.29 is 23.8 Å². The molecule has 2 amide bonds. The molecule has 1 heterocycles. The first-order valence-electron chi connectivity index (χ1n) is 7.54. The second-order valence-electron chi connectivity index (χ2n) is 6.02. The Kier molecular flexibility index (Phi) is 5.54. The van der Waals surface area contributed by atoms with Crippen LogP contribution in [-0.2, 0) is 9.53 Å². The highest BCUT2D eigenvalue weighted by Crippen LogP contribution is 2.21. The molecule has 2 atom stereocenters. The number of amides is 2. The first-order chi connectivity index (χ1) is 10.9. The average Bonchev–Trinajstić information content (AvgIpc) is 2.89. The van der Waals surface area contributed by atoms with Gasteiger partial charge in [0.25, 0.3) is 0 Å². The topological polar surface area (TPSA) is 78.9 Å². The van der Waals surface area contributed by atoms with Crippen LogP contribution in [-0.4, -0.2) is 47.3 Å². The molecular formula is C16H21FN2O4. The van der Waals surface area contributed by atoms with Crippen molar-refractivity contribution in [3.05, 3.63) is 30.1 Å². The molecule has 1 aromatic carbocycles. The van der Waals surface area contributed by atoms with Crippen molar-refractivity contribution in [3.63, 3.8) is 0 Å². The third-order valence-corrected chi connectivity index (χ3v) is 3.47. The zero-order valence-electron chi connectivity index (χ0n) is 13.2. The lowest BCUT2D eigenvalue weighted by Gasteiger charge is -2.23. The Labute approximate surface area is 134 Å². The molecule has 1 aliphatic heterocycles. The Morgan fingerprint density at radius 2 is 2.04 bits per heavy atom. The van der Waals surface area contributed by atoms with E-state index in [0.717, 1.165) is 0 Å². The molecule has 6 nitrogen and oxygen atoms in total. The van der Waals surface area contributed by atoms with Crippen molar-refractivity contribution in [2.75, 3.05) is 18.5 Å². The Morgan fingerprint density at radius 3 is 2.65 bits per heavy atom. The predicted molar refractivity (Wildman–Crippen MR) is 82.3 cm³/mol. The fourth-order valence-electron chi connectivity index (χ4n) is 2.34. The van der Waals surface area contributed by atoms with Gasteiger partial charge in [0, 0.05) is 12.1 Å². The van der Waals surface area contributed by atoms with Crippen molar-refractivity contribution >= 4 is 17.7 Å². The van der Waals surface area contributed by atoms with Gasteiger partial charge in [0.2, 0.25) is 5.91 Å². The van der Waals surface area contributed by atoms with Crippen LogP contribution in [0.1, 0.15) is 20.3 Å². The molecule has 2 N–H and O–H groups in total. The van der Waals surface area contributed by atoms with E-state index in [1.165, 1.54) is 29.2 Å². The zero-order valence-corrected chi connectivity index (χ0v) is 13.2. The molecule has 0 aromatic heterocycles. The Bertz CT molecular complexity index is 562. The monoisotopic (exact) mass is 324 g/mol. The van der Waals surface area contributed by atoms with Gasteiger partial charge in [-0.15, -0.1) is 0 Å². The minimum Gasteiger partial charge on any atom is -0.449 e. The summed E-state index contributed by atoms with van der Waals surface area (Å²) in [6.07, 6.45) is -1.25. The Balaban J connectivity index is 2.01. The summed E-state index contributed by atoms with van der Waals surface area (Å²) in [7, 11) is 0. The number of likely N-dealkylation sites (tertiary alicyclic amines) is 1. The van der Waals surface area contributed by atoms with E-state index in [1.54, 1.807) is 0 Å². The summed E-state index contributed by atoms with van der Waals surface area (Å²) in [5.74, 6) is -0.661. The predicted octanol–water partition coefficient (Wildman–Crippen LogP) is 1.99. The lowest BCUT2D eigenvalue weighted by molar-refractivity contribution is -0.120. The van der Waals surface area contributed by atoms with E-state index in [2.05, 4.69) is 5.32 Å². The lowest BCUT2D eigenvalue weighted by atomic mass is 10.2. The first kappa shape index (κ1) is 17.2. The number of hydrogen-bond acceptors (Lipinski definition) is 4. The first-order valence-corrected chi connectivity index (χ1v) is 7.54. The molecule has 0 unspecified atom stereocenters. The molecule has 0 spiro atoms. The highest BCUT2D eigenvalue weighted by molar-refractivity contribution is 5.96. The molecule has 0 radical (unpaired) electrons. The number of aliphatic hydroxyl groups is 1. The SMILES string of the molecule is CC(C)COC(=O)N1C[C@H](O)C[C@H]1C(=O)Nc1ccc(F)cc1. The number of aliphatic hydroxyl groups excluding tert-OH is 1.